The summed E-state index contributed by atoms with van der Waals surface area (Å²) < 4.78 is 5.34. The number of primary amides is 1. The molecule has 0 aromatic rings. The molecule has 1 rings (SSSR count). The highest BCUT2D eigenvalue weighted by molar-refractivity contribution is 5.75. The maximum atomic E-state index is 10.5. The summed E-state index contributed by atoms with van der Waals surface area (Å²) in [6.07, 6.45) is 5.48. The smallest absolute Gasteiger partial charge is 0.243 e. The van der Waals surface area contributed by atoms with Crippen molar-refractivity contribution in [2.75, 3.05) is 6.61 Å². The second kappa shape index (κ2) is 5.19. The SMILES string of the molecule is NC(=O)COC1CCCCCC1N. The molecule has 4 nitrogen and oxygen atoms in total. The van der Waals surface area contributed by atoms with Crippen LogP contribution in [0, 0.1) is 0 Å². The van der Waals surface area contributed by atoms with E-state index in [4.69, 9.17) is 16.2 Å². The number of carbonyl (C=O) groups is 1. The van der Waals surface area contributed by atoms with Gasteiger partial charge in [-0.2, -0.15) is 0 Å². The number of carbonyl (C=O) groups excluding carboxylic acids is 1. The number of amides is 1. The van der Waals surface area contributed by atoms with Gasteiger partial charge in [-0.1, -0.05) is 19.3 Å². The van der Waals surface area contributed by atoms with Gasteiger partial charge in [0.25, 0.3) is 0 Å². The number of rotatable bonds is 3. The topological polar surface area (TPSA) is 78.3 Å². The van der Waals surface area contributed by atoms with E-state index in [-0.39, 0.29) is 18.8 Å². The lowest BCUT2D eigenvalue weighted by Gasteiger charge is -2.20. The predicted molar refractivity (Wildman–Crippen MR) is 50.0 cm³/mol. The number of hydrogen-bond acceptors (Lipinski definition) is 3. The van der Waals surface area contributed by atoms with E-state index < -0.39 is 5.91 Å². The number of hydrogen-bond donors (Lipinski definition) is 2. The van der Waals surface area contributed by atoms with Crippen LogP contribution >= 0.6 is 0 Å². The minimum Gasteiger partial charge on any atom is -0.368 e. The van der Waals surface area contributed by atoms with Gasteiger partial charge in [0.2, 0.25) is 5.91 Å². The van der Waals surface area contributed by atoms with E-state index in [1.807, 2.05) is 0 Å². The summed E-state index contributed by atoms with van der Waals surface area (Å²) in [4.78, 5) is 10.5. The third-order valence-corrected chi connectivity index (χ3v) is 2.44. The maximum absolute atomic E-state index is 10.5. The van der Waals surface area contributed by atoms with E-state index in [0.29, 0.717) is 0 Å². The molecule has 0 heterocycles. The van der Waals surface area contributed by atoms with E-state index >= 15 is 0 Å². The van der Waals surface area contributed by atoms with E-state index in [9.17, 15) is 4.79 Å². The average molecular weight is 186 g/mol. The fourth-order valence-corrected chi connectivity index (χ4v) is 1.70. The van der Waals surface area contributed by atoms with Crippen LogP contribution in [0.3, 0.4) is 0 Å². The van der Waals surface area contributed by atoms with Crippen LogP contribution in [0.1, 0.15) is 32.1 Å². The summed E-state index contributed by atoms with van der Waals surface area (Å²) in [5.41, 5.74) is 10.9. The molecule has 4 heteroatoms. The fraction of sp³-hybridized carbons (Fsp3) is 0.889. The quantitative estimate of drug-likeness (QED) is 0.616. The molecule has 0 spiro atoms. The fourth-order valence-electron chi connectivity index (χ4n) is 1.70. The van der Waals surface area contributed by atoms with Crippen LogP contribution in [0.15, 0.2) is 0 Å². The molecule has 0 aromatic carbocycles. The van der Waals surface area contributed by atoms with Crippen molar-refractivity contribution in [3.63, 3.8) is 0 Å². The Morgan fingerprint density at radius 2 is 2.00 bits per heavy atom. The Balaban J connectivity index is 2.31. The molecule has 1 aliphatic rings. The molecule has 0 bridgehead atoms. The van der Waals surface area contributed by atoms with Crippen LogP contribution in [-0.4, -0.2) is 24.7 Å². The first kappa shape index (κ1) is 10.5. The highest BCUT2D eigenvalue weighted by atomic mass is 16.5. The maximum Gasteiger partial charge on any atom is 0.243 e. The molecule has 4 N–H and O–H groups in total. The van der Waals surface area contributed by atoms with Gasteiger partial charge in [0.05, 0.1) is 6.10 Å². The monoisotopic (exact) mass is 186 g/mol. The molecule has 1 saturated carbocycles. The van der Waals surface area contributed by atoms with Crippen molar-refractivity contribution < 1.29 is 9.53 Å². The van der Waals surface area contributed by atoms with Crippen LogP contribution in [0.4, 0.5) is 0 Å². The minimum atomic E-state index is -0.420. The minimum absolute atomic E-state index is 0.00162. The average Bonchev–Trinajstić information content (AvgIpc) is 2.27. The molecule has 1 aliphatic carbocycles. The zero-order valence-electron chi connectivity index (χ0n) is 7.87. The van der Waals surface area contributed by atoms with E-state index in [0.717, 1.165) is 25.7 Å². The number of ether oxygens (including phenoxy) is 1. The van der Waals surface area contributed by atoms with Crippen LogP contribution in [-0.2, 0) is 9.53 Å². The standard InChI is InChI=1S/C9H18N2O2/c10-7-4-2-1-3-5-8(7)13-6-9(11)12/h7-8H,1-6,10H2,(H2,11,12). The van der Waals surface area contributed by atoms with Gasteiger partial charge in [-0.05, 0) is 12.8 Å². The van der Waals surface area contributed by atoms with Crippen LogP contribution < -0.4 is 11.5 Å². The highest BCUT2D eigenvalue weighted by Crippen LogP contribution is 2.18. The Morgan fingerprint density at radius 3 is 2.69 bits per heavy atom. The molecule has 76 valence electrons. The molecular formula is C9H18N2O2. The lowest BCUT2D eigenvalue weighted by Crippen LogP contribution is -2.37. The molecular weight excluding hydrogens is 168 g/mol. The summed E-state index contributed by atoms with van der Waals surface area (Å²) in [7, 11) is 0. The van der Waals surface area contributed by atoms with Crippen molar-refractivity contribution in [1.29, 1.82) is 0 Å². The first-order chi connectivity index (χ1) is 6.20. The molecule has 0 saturated heterocycles. The van der Waals surface area contributed by atoms with E-state index in [1.54, 1.807) is 0 Å². The second-order valence-electron chi connectivity index (χ2n) is 3.62. The molecule has 2 atom stereocenters. The van der Waals surface area contributed by atoms with Crippen LogP contribution in [0.25, 0.3) is 0 Å². The predicted octanol–water partition coefficient (Wildman–Crippen LogP) is 0.148. The zero-order valence-corrected chi connectivity index (χ0v) is 7.87. The molecule has 1 amide bonds. The Labute approximate surface area is 78.6 Å². The van der Waals surface area contributed by atoms with Gasteiger partial charge in [-0.25, -0.2) is 0 Å². The third kappa shape index (κ3) is 3.74. The van der Waals surface area contributed by atoms with Crippen molar-refractivity contribution in [2.24, 2.45) is 11.5 Å². The van der Waals surface area contributed by atoms with Gasteiger partial charge < -0.3 is 16.2 Å². The third-order valence-electron chi connectivity index (χ3n) is 2.44. The summed E-state index contributed by atoms with van der Waals surface area (Å²) in [5, 5.41) is 0. The molecule has 0 radical (unpaired) electrons. The first-order valence-electron chi connectivity index (χ1n) is 4.85. The Hall–Kier alpha value is -0.610. The van der Waals surface area contributed by atoms with Crippen molar-refractivity contribution in [3.05, 3.63) is 0 Å². The molecule has 0 aliphatic heterocycles. The Bertz CT molecular complexity index is 173. The largest absolute Gasteiger partial charge is 0.368 e. The van der Waals surface area contributed by atoms with Gasteiger partial charge in [-0.3, -0.25) is 4.79 Å². The lowest BCUT2D eigenvalue weighted by atomic mass is 10.1. The van der Waals surface area contributed by atoms with Gasteiger partial charge in [0, 0.05) is 6.04 Å². The molecule has 1 fully saturated rings. The normalized spacial score (nSPS) is 29.6. The summed E-state index contributed by atoms with van der Waals surface area (Å²) >= 11 is 0. The Kier molecular flexibility index (Phi) is 4.18. The van der Waals surface area contributed by atoms with Crippen LogP contribution in [0.5, 0.6) is 0 Å². The summed E-state index contributed by atoms with van der Waals surface area (Å²) in [5.74, 6) is -0.420. The van der Waals surface area contributed by atoms with E-state index in [1.165, 1.54) is 6.42 Å². The van der Waals surface area contributed by atoms with Crippen molar-refractivity contribution >= 4 is 5.91 Å². The molecule has 13 heavy (non-hydrogen) atoms. The second-order valence-corrected chi connectivity index (χ2v) is 3.62. The van der Waals surface area contributed by atoms with Crippen molar-refractivity contribution in [2.45, 2.75) is 44.2 Å². The first-order valence-corrected chi connectivity index (χ1v) is 4.85. The van der Waals surface area contributed by atoms with Crippen molar-refractivity contribution in [3.8, 4) is 0 Å². The van der Waals surface area contributed by atoms with Crippen LogP contribution in [0.2, 0.25) is 0 Å². The summed E-state index contributed by atoms with van der Waals surface area (Å²) in [6, 6.07) is 0.0712. The van der Waals surface area contributed by atoms with Gasteiger partial charge in [0.1, 0.15) is 6.61 Å². The van der Waals surface area contributed by atoms with Gasteiger partial charge >= 0.3 is 0 Å². The lowest BCUT2D eigenvalue weighted by molar-refractivity contribution is -0.125. The highest BCUT2D eigenvalue weighted by Gasteiger charge is 2.21. The van der Waals surface area contributed by atoms with Gasteiger partial charge in [-0.15, -0.1) is 0 Å². The van der Waals surface area contributed by atoms with Crippen molar-refractivity contribution in [1.82, 2.24) is 0 Å². The Morgan fingerprint density at radius 1 is 1.31 bits per heavy atom. The van der Waals surface area contributed by atoms with E-state index in [2.05, 4.69) is 0 Å². The zero-order chi connectivity index (χ0) is 9.68. The summed E-state index contributed by atoms with van der Waals surface area (Å²) in [6.45, 7) is -0.00162. The number of nitrogens with two attached hydrogens (primary N) is 2. The molecule has 0 aromatic heterocycles. The molecule has 2 unspecified atom stereocenters. The van der Waals surface area contributed by atoms with Gasteiger partial charge in [0.15, 0.2) is 0 Å².